The second-order valence-electron chi connectivity index (χ2n) is 5.23. The Morgan fingerprint density at radius 2 is 2.09 bits per heavy atom. The van der Waals surface area contributed by atoms with Gasteiger partial charge in [-0.3, -0.25) is 4.79 Å². The van der Waals surface area contributed by atoms with Gasteiger partial charge in [0.25, 0.3) is 0 Å². The summed E-state index contributed by atoms with van der Waals surface area (Å²) in [6.45, 7) is 1.78. The van der Waals surface area contributed by atoms with E-state index in [0.29, 0.717) is 11.2 Å². The van der Waals surface area contributed by atoms with Crippen molar-refractivity contribution in [2.45, 2.75) is 13.3 Å². The average Bonchev–Trinajstić information content (AvgIpc) is 2.85. The number of phenols is 1. The highest BCUT2D eigenvalue weighted by atomic mass is 19.1. The van der Waals surface area contributed by atoms with Crippen molar-refractivity contribution in [2.75, 3.05) is 5.32 Å². The highest BCUT2D eigenvalue weighted by Crippen LogP contribution is 2.22. The Hall–Kier alpha value is -2.82. The predicted octanol–water partition coefficient (Wildman–Crippen LogP) is 3.50. The van der Waals surface area contributed by atoms with Crippen LogP contribution >= 0.6 is 0 Å². The molecular formula is C17H15FN2O2. The highest BCUT2D eigenvalue weighted by Gasteiger charge is 2.10. The van der Waals surface area contributed by atoms with Crippen LogP contribution in [0.25, 0.3) is 10.9 Å². The Kier molecular flexibility index (Phi) is 3.55. The van der Waals surface area contributed by atoms with Gasteiger partial charge in [-0.2, -0.15) is 0 Å². The van der Waals surface area contributed by atoms with Gasteiger partial charge in [0.1, 0.15) is 11.6 Å². The number of aromatic amines is 1. The van der Waals surface area contributed by atoms with E-state index in [4.69, 9.17) is 0 Å². The first kappa shape index (κ1) is 14.1. The van der Waals surface area contributed by atoms with Crippen molar-refractivity contribution in [1.82, 2.24) is 4.98 Å². The van der Waals surface area contributed by atoms with Gasteiger partial charge < -0.3 is 15.4 Å². The van der Waals surface area contributed by atoms with Gasteiger partial charge in [0, 0.05) is 28.9 Å². The number of rotatable bonds is 3. The molecule has 1 aromatic heterocycles. The largest absolute Gasteiger partial charge is 0.508 e. The van der Waals surface area contributed by atoms with E-state index in [2.05, 4.69) is 10.3 Å². The van der Waals surface area contributed by atoms with Crippen LogP contribution in [0.3, 0.4) is 0 Å². The fourth-order valence-electron chi connectivity index (χ4n) is 2.37. The molecule has 3 aromatic rings. The highest BCUT2D eigenvalue weighted by molar-refractivity contribution is 5.95. The molecule has 0 saturated heterocycles. The summed E-state index contributed by atoms with van der Waals surface area (Å²) >= 11 is 0. The lowest BCUT2D eigenvalue weighted by molar-refractivity contribution is -0.115. The zero-order valence-corrected chi connectivity index (χ0v) is 12.0. The van der Waals surface area contributed by atoms with Gasteiger partial charge >= 0.3 is 0 Å². The fraction of sp³-hybridized carbons (Fsp3) is 0.118. The molecule has 0 aliphatic rings. The minimum Gasteiger partial charge on any atom is -0.508 e. The SMILES string of the molecule is Cc1ccc(NC(=O)Cc2c[nH]c3cc(F)ccc23)cc1O. The molecule has 0 atom stereocenters. The summed E-state index contributed by atoms with van der Waals surface area (Å²) in [5.74, 6) is -0.380. The number of H-pyrrole nitrogens is 1. The predicted molar refractivity (Wildman–Crippen MR) is 83.4 cm³/mol. The summed E-state index contributed by atoms with van der Waals surface area (Å²) in [7, 11) is 0. The average molecular weight is 298 g/mol. The lowest BCUT2D eigenvalue weighted by atomic mass is 10.1. The standard InChI is InChI=1S/C17H15FN2O2/c1-10-2-4-13(8-16(10)21)20-17(22)6-11-9-19-15-7-12(18)3-5-14(11)15/h2-5,7-9,19,21H,6H2,1H3,(H,20,22). The van der Waals surface area contributed by atoms with E-state index in [1.54, 1.807) is 31.3 Å². The van der Waals surface area contributed by atoms with E-state index >= 15 is 0 Å². The molecule has 22 heavy (non-hydrogen) atoms. The number of phenolic OH excluding ortho intramolecular Hbond substituents is 1. The molecule has 0 aliphatic carbocycles. The lowest BCUT2D eigenvalue weighted by Crippen LogP contribution is -2.14. The molecule has 1 heterocycles. The van der Waals surface area contributed by atoms with Crippen molar-refractivity contribution in [3.63, 3.8) is 0 Å². The number of carbonyl (C=O) groups excluding carboxylic acids is 1. The molecule has 1 amide bonds. The van der Waals surface area contributed by atoms with Crippen molar-refractivity contribution in [2.24, 2.45) is 0 Å². The van der Waals surface area contributed by atoms with Crippen molar-refractivity contribution in [1.29, 1.82) is 0 Å². The van der Waals surface area contributed by atoms with Gasteiger partial charge in [-0.1, -0.05) is 6.07 Å². The summed E-state index contributed by atoms with van der Waals surface area (Å²) in [6.07, 6.45) is 1.87. The number of hydrogen-bond acceptors (Lipinski definition) is 2. The van der Waals surface area contributed by atoms with E-state index in [-0.39, 0.29) is 23.9 Å². The number of aryl methyl sites for hydroxylation is 1. The molecule has 0 radical (unpaired) electrons. The van der Waals surface area contributed by atoms with Gasteiger partial charge in [-0.05, 0) is 42.3 Å². The molecule has 0 bridgehead atoms. The monoisotopic (exact) mass is 298 g/mol. The third kappa shape index (κ3) is 2.79. The molecule has 3 rings (SSSR count). The number of aromatic hydroxyl groups is 1. The van der Waals surface area contributed by atoms with Gasteiger partial charge in [0.15, 0.2) is 0 Å². The maximum Gasteiger partial charge on any atom is 0.228 e. The minimum absolute atomic E-state index is 0.139. The molecule has 0 saturated carbocycles. The van der Waals surface area contributed by atoms with Crippen molar-refractivity contribution < 1.29 is 14.3 Å². The number of halogens is 1. The number of carbonyl (C=O) groups is 1. The van der Waals surface area contributed by atoms with E-state index in [1.807, 2.05) is 0 Å². The molecule has 3 N–H and O–H groups in total. The number of anilines is 1. The minimum atomic E-state index is -0.319. The van der Waals surface area contributed by atoms with E-state index in [1.165, 1.54) is 18.2 Å². The molecule has 0 fully saturated rings. The van der Waals surface area contributed by atoms with Crippen LogP contribution in [0.1, 0.15) is 11.1 Å². The number of fused-ring (bicyclic) bond motifs is 1. The van der Waals surface area contributed by atoms with E-state index in [9.17, 15) is 14.3 Å². The Bertz CT molecular complexity index is 855. The van der Waals surface area contributed by atoms with Crippen molar-refractivity contribution in [3.05, 3.63) is 59.5 Å². The first-order valence-electron chi connectivity index (χ1n) is 6.88. The second-order valence-corrected chi connectivity index (χ2v) is 5.23. The number of aromatic nitrogens is 1. The third-order valence-electron chi connectivity index (χ3n) is 3.57. The van der Waals surface area contributed by atoms with Gasteiger partial charge in [0.2, 0.25) is 5.91 Å². The molecule has 4 nitrogen and oxygen atoms in total. The van der Waals surface area contributed by atoms with Crippen molar-refractivity contribution >= 4 is 22.5 Å². The zero-order valence-electron chi connectivity index (χ0n) is 12.0. The Morgan fingerprint density at radius 1 is 1.27 bits per heavy atom. The molecule has 0 unspecified atom stereocenters. The Labute approximate surface area is 126 Å². The first-order chi connectivity index (χ1) is 10.5. The van der Waals surface area contributed by atoms with Crippen molar-refractivity contribution in [3.8, 4) is 5.75 Å². The van der Waals surface area contributed by atoms with E-state index < -0.39 is 0 Å². The van der Waals surface area contributed by atoms with Crippen LogP contribution in [0.5, 0.6) is 5.75 Å². The molecular weight excluding hydrogens is 283 g/mol. The maximum absolute atomic E-state index is 13.1. The van der Waals surface area contributed by atoms with Gasteiger partial charge in [-0.15, -0.1) is 0 Å². The second kappa shape index (κ2) is 5.52. The number of hydrogen-bond donors (Lipinski definition) is 3. The summed E-state index contributed by atoms with van der Waals surface area (Å²) < 4.78 is 13.1. The molecule has 0 spiro atoms. The Balaban J connectivity index is 1.76. The summed E-state index contributed by atoms with van der Waals surface area (Å²) in [5.41, 5.74) is 2.75. The van der Waals surface area contributed by atoms with Crippen LogP contribution < -0.4 is 5.32 Å². The van der Waals surface area contributed by atoms with Crippen LogP contribution in [0.2, 0.25) is 0 Å². The summed E-state index contributed by atoms with van der Waals surface area (Å²) in [4.78, 5) is 15.1. The Morgan fingerprint density at radius 3 is 2.86 bits per heavy atom. The van der Waals surface area contributed by atoms with Crippen LogP contribution in [0.4, 0.5) is 10.1 Å². The lowest BCUT2D eigenvalue weighted by Gasteiger charge is -2.06. The summed E-state index contributed by atoms with van der Waals surface area (Å²) in [5, 5.41) is 13.2. The number of amides is 1. The topological polar surface area (TPSA) is 65.1 Å². The van der Waals surface area contributed by atoms with E-state index in [0.717, 1.165) is 16.5 Å². The molecule has 2 aromatic carbocycles. The summed E-state index contributed by atoms with van der Waals surface area (Å²) in [6, 6.07) is 9.40. The van der Waals surface area contributed by atoms with Gasteiger partial charge in [0.05, 0.1) is 6.42 Å². The zero-order chi connectivity index (χ0) is 15.7. The van der Waals surface area contributed by atoms with Crippen LogP contribution in [0, 0.1) is 12.7 Å². The quantitative estimate of drug-likeness (QED) is 0.693. The number of benzene rings is 2. The molecule has 112 valence electrons. The third-order valence-corrected chi connectivity index (χ3v) is 3.57. The fourth-order valence-corrected chi connectivity index (χ4v) is 2.37. The smallest absolute Gasteiger partial charge is 0.228 e. The van der Waals surface area contributed by atoms with Crippen LogP contribution in [0.15, 0.2) is 42.6 Å². The van der Waals surface area contributed by atoms with Crippen LogP contribution in [-0.4, -0.2) is 16.0 Å². The van der Waals surface area contributed by atoms with Crippen LogP contribution in [-0.2, 0) is 11.2 Å². The number of nitrogens with one attached hydrogen (secondary N) is 2. The normalized spacial score (nSPS) is 10.8. The molecule has 5 heteroatoms. The van der Waals surface area contributed by atoms with Gasteiger partial charge in [-0.25, -0.2) is 4.39 Å². The maximum atomic E-state index is 13.1. The first-order valence-corrected chi connectivity index (χ1v) is 6.88. The molecule has 0 aliphatic heterocycles.